The van der Waals surface area contributed by atoms with Crippen molar-refractivity contribution in [2.75, 3.05) is 26.2 Å². The molecule has 0 fully saturated rings. The van der Waals surface area contributed by atoms with E-state index < -0.39 is 0 Å². The smallest absolute Gasteiger partial charge is 0.257 e. The first kappa shape index (κ1) is 21.9. The number of benzene rings is 3. The minimum absolute atomic E-state index is 0.0298. The zero-order valence-corrected chi connectivity index (χ0v) is 18.5. The van der Waals surface area contributed by atoms with E-state index in [4.69, 9.17) is 15.2 Å². The Hall–Kier alpha value is -3.31. The summed E-state index contributed by atoms with van der Waals surface area (Å²) < 4.78 is 11.9. The van der Waals surface area contributed by atoms with Crippen LogP contribution in [0.5, 0.6) is 11.5 Å². The van der Waals surface area contributed by atoms with Gasteiger partial charge in [-0.1, -0.05) is 55.5 Å². The monoisotopic (exact) mass is 430 g/mol. The van der Waals surface area contributed by atoms with Crippen LogP contribution in [-0.4, -0.2) is 43.2 Å². The van der Waals surface area contributed by atoms with Crippen LogP contribution >= 0.6 is 0 Å². The van der Waals surface area contributed by atoms with Gasteiger partial charge in [-0.3, -0.25) is 4.79 Å². The second kappa shape index (κ2) is 10.3. The topological polar surface area (TPSA) is 64.8 Å². The summed E-state index contributed by atoms with van der Waals surface area (Å²) in [6, 6.07) is 24.0. The zero-order chi connectivity index (χ0) is 22.3. The van der Waals surface area contributed by atoms with E-state index >= 15 is 0 Å². The van der Waals surface area contributed by atoms with Crippen LogP contribution < -0.4 is 15.2 Å². The van der Waals surface area contributed by atoms with Crippen molar-refractivity contribution in [3.63, 3.8) is 0 Å². The van der Waals surface area contributed by atoms with Gasteiger partial charge in [0, 0.05) is 19.5 Å². The van der Waals surface area contributed by atoms with Crippen molar-refractivity contribution < 1.29 is 14.3 Å². The lowest BCUT2D eigenvalue weighted by Gasteiger charge is -2.24. The van der Waals surface area contributed by atoms with E-state index in [9.17, 15) is 4.79 Å². The van der Waals surface area contributed by atoms with Gasteiger partial charge in [0.25, 0.3) is 5.91 Å². The largest absolute Gasteiger partial charge is 0.492 e. The number of amides is 1. The molecule has 1 heterocycles. The Morgan fingerprint density at radius 2 is 1.78 bits per heavy atom. The van der Waals surface area contributed by atoms with Crippen LogP contribution in [0.3, 0.4) is 0 Å². The Balaban J connectivity index is 1.61. The molecular formula is C27H30N2O3. The number of carbonyl (C=O) groups excluding carboxylic acids is 1. The Kier molecular flexibility index (Phi) is 7.07. The van der Waals surface area contributed by atoms with Gasteiger partial charge in [0.05, 0.1) is 12.1 Å². The van der Waals surface area contributed by atoms with Crippen molar-refractivity contribution in [2.24, 2.45) is 5.73 Å². The van der Waals surface area contributed by atoms with Gasteiger partial charge in [-0.25, -0.2) is 0 Å². The fraction of sp³-hybridized carbons (Fsp3) is 0.296. The Morgan fingerprint density at radius 1 is 1.03 bits per heavy atom. The number of fused-ring (bicyclic) bond motifs is 1. The molecule has 0 saturated carbocycles. The molecule has 3 aromatic carbocycles. The Bertz CT molecular complexity index is 1030. The third-order valence-electron chi connectivity index (χ3n) is 5.59. The highest BCUT2D eigenvalue weighted by molar-refractivity contribution is 5.98. The molecule has 32 heavy (non-hydrogen) atoms. The summed E-state index contributed by atoms with van der Waals surface area (Å²) in [5.74, 6) is 1.47. The lowest BCUT2D eigenvalue weighted by molar-refractivity contribution is 0.0711. The third-order valence-corrected chi connectivity index (χ3v) is 5.59. The summed E-state index contributed by atoms with van der Waals surface area (Å²) in [5.41, 5.74) is 9.32. The van der Waals surface area contributed by atoms with Crippen molar-refractivity contribution in [3.05, 3.63) is 83.9 Å². The van der Waals surface area contributed by atoms with E-state index in [2.05, 4.69) is 19.1 Å². The van der Waals surface area contributed by atoms with Crippen LogP contribution in [0.2, 0.25) is 0 Å². The van der Waals surface area contributed by atoms with Crippen molar-refractivity contribution in [3.8, 4) is 22.6 Å². The number of nitrogens with two attached hydrogens (primary N) is 1. The molecule has 4 rings (SSSR count). The molecule has 0 spiro atoms. The van der Waals surface area contributed by atoms with Gasteiger partial charge in [0.1, 0.15) is 24.2 Å². The van der Waals surface area contributed by atoms with Crippen molar-refractivity contribution in [1.82, 2.24) is 4.90 Å². The fourth-order valence-corrected chi connectivity index (χ4v) is 4.06. The summed E-state index contributed by atoms with van der Waals surface area (Å²) in [7, 11) is 0. The number of hydrogen-bond acceptors (Lipinski definition) is 4. The van der Waals surface area contributed by atoms with E-state index in [0.29, 0.717) is 37.6 Å². The van der Waals surface area contributed by atoms with E-state index in [-0.39, 0.29) is 12.0 Å². The second-order valence-electron chi connectivity index (χ2n) is 8.05. The fourth-order valence-electron chi connectivity index (χ4n) is 4.06. The lowest BCUT2D eigenvalue weighted by atomic mass is 10.0. The highest BCUT2D eigenvalue weighted by atomic mass is 16.5. The number of hydrogen-bond donors (Lipinski definition) is 1. The van der Waals surface area contributed by atoms with E-state index in [1.807, 2.05) is 65.6 Å². The van der Waals surface area contributed by atoms with Gasteiger partial charge < -0.3 is 20.1 Å². The molecule has 5 heteroatoms. The molecule has 2 N–H and O–H groups in total. The number of nitrogens with zero attached hydrogens (tertiary/aromatic N) is 1. The van der Waals surface area contributed by atoms with Gasteiger partial charge in [-0.2, -0.15) is 0 Å². The number of ether oxygens (including phenoxy) is 2. The van der Waals surface area contributed by atoms with Gasteiger partial charge in [-0.15, -0.1) is 0 Å². The second-order valence-corrected chi connectivity index (χ2v) is 8.05. The average Bonchev–Trinajstić information content (AvgIpc) is 2.95. The van der Waals surface area contributed by atoms with E-state index in [0.717, 1.165) is 29.7 Å². The molecular weight excluding hydrogens is 400 g/mol. The molecule has 1 aliphatic heterocycles. The molecule has 0 saturated heterocycles. The minimum atomic E-state index is -0.0843. The molecule has 0 radical (unpaired) electrons. The van der Waals surface area contributed by atoms with Crippen LogP contribution in [0.25, 0.3) is 11.1 Å². The predicted molar refractivity (Wildman–Crippen MR) is 127 cm³/mol. The van der Waals surface area contributed by atoms with Crippen molar-refractivity contribution in [2.45, 2.75) is 25.9 Å². The van der Waals surface area contributed by atoms with Crippen LogP contribution in [0.15, 0.2) is 72.8 Å². The summed E-state index contributed by atoms with van der Waals surface area (Å²) in [6.07, 6.45) is 1.59. The Labute approximate surface area is 189 Å². The molecule has 0 aromatic heterocycles. The van der Waals surface area contributed by atoms with Crippen LogP contribution in [0.1, 0.15) is 29.3 Å². The first-order valence-corrected chi connectivity index (χ1v) is 11.2. The standard InChI is InChI=1S/C27H30N2O3/c1-2-15-29-19-24(17-20-6-4-3-5-7-20)32-26-13-10-22(18-25(26)27(29)30)21-8-11-23(12-9-21)31-16-14-28/h3-13,18,24H,2,14-17,19,28H2,1H3. The third kappa shape index (κ3) is 5.11. The van der Waals surface area contributed by atoms with Crippen LogP contribution in [0, 0.1) is 0 Å². The molecule has 1 aliphatic rings. The van der Waals surface area contributed by atoms with Gasteiger partial charge in [0.2, 0.25) is 0 Å². The van der Waals surface area contributed by atoms with E-state index in [1.54, 1.807) is 0 Å². The van der Waals surface area contributed by atoms with E-state index in [1.165, 1.54) is 5.56 Å². The summed E-state index contributed by atoms with van der Waals surface area (Å²) in [4.78, 5) is 15.3. The van der Waals surface area contributed by atoms with Gasteiger partial charge in [0.15, 0.2) is 0 Å². The Morgan fingerprint density at radius 3 is 2.50 bits per heavy atom. The molecule has 1 amide bonds. The molecule has 0 aliphatic carbocycles. The molecule has 5 nitrogen and oxygen atoms in total. The minimum Gasteiger partial charge on any atom is -0.492 e. The first-order valence-electron chi connectivity index (χ1n) is 11.2. The molecule has 3 aromatic rings. The molecule has 1 unspecified atom stereocenters. The average molecular weight is 431 g/mol. The maximum Gasteiger partial charge on any atom is 0.257 e. The summed E-state index contributed by atoms with van der Waals surface area (Å²) in [6.45, 7) is 4.36. The molecule has 1 atom stereocenters. The molecule has 166 valence electrons. The SMILES string of the molecule is CCCN1CC(Cc2ccccc2)Oc2ccc(-c3ccc(OCCN)cc3)cc2C1=O. The number of rotatable bonds is 8. The quantitative estimate of drug-likeness (QED) is 0.570. The zero-order valence-electron chi connectivity index (χ0n) is 18.5. The van der Waals surface area contributed by atoms with Crippen LogP contribution in [-0.2, 0) is 6.42 Å². The maximum atomic E-state index is 13.4. The lowest BCUT2D eigenvalue weighted by Crippen LogP contribution is -2.38. The van der Waals surface area contributed by atoms with Crippen LogP contribution in [0.4, 0.5) is 0 Å². The maximum absolute atomic E-state index is 13.4. The predicted octanol–water partition coefficient (Wildman–Crippen LogP) is 4.55. The first-order chi connectivity index (χ1) is 15.7. The summed E-state index contributed by atoms with van der Waals surface area (Å²) >= 11 is 0. The highest BCUT2D eigenvalue weighted by Gasteiger charge is 2.29. The van der Waals surface area contributed by atoms with Crippen molar-refractivity contribution >= 4 is 5.91 Å². The highest BCUT2D eigenvalue weighted by Crippen LogP contribution is 2.32. The molecule has 0 bridgehead atoms. The van der Waals surface area contributed by atoms with Gasteiger partial charge >= 0.3 is 0 Å². The van der Waals surface area contributed by atoms with Gasteiger partial charge in [-0.05, 0) is 47.4 Å². The number of carbonyl (C=O) groups is 1. The summed E-state index contributed by atoms with van der Waals surface area (Å²) in [5, 5.41) is 0. The van der Waals surface area contributed by atoms with Crippen molar-refractivity contribution in [1.29, 1.82) is 0 Å². The normalized spacial score (nSPS) is 15.6.